The molecule has 0 saturated carbocycles. The molecular formula is C20H19N3O3. The summed E-state index contributed by atoms with van der Waals surface area (Å²) in [5, 5.41) is 3.79. The second kappa shape index (κ2) is 7.09. The topological polar surface area (TPSA) is 68.5 Å². The Morgan fingerprint density at radius 2 is 1.88 bits per heavy atom. The molecule has 3 aromatic rings. The normalized spacial score (nSPS) is 17.3. The van der Waals surface area contributed by atoms with Gasteiger partial charge in [0.25, 0.3) is 11.8 Å². The number of aromatic nitrogens is 2. The van der Waals surface area contributed by atoms with Crippen LogP contribution in [0.3, 0.4) is 0 Å². The molecular weight excluding hydrogens is 330 g/mol. The lowest BCUT2D eigenvalue weighted by Gasteiger charge is -2.33. The highest BCUT2D eigenvalue weighted by Gasteiger charge is 2.26. The summed E-state index contributed by atoms with van der Waals surface area (Å²) >= 11 is 0. The molecule has 0 radical (unpaired) electrons. The van der Waals surface area contributed by atoms with Crippen molar-refractivity contribution in [1.82, 2.24) is 15.0 Å². The zero-order valence-corrected chi connectivity index (χ0v) is 14.5. The molecule has 6 nitrogen and oxygen atoms in total. The number of ether oxygens (including phenoxy) is 1. The van der Waals surface area contributed by atoms with Crippen molar-refractivity contribution in [3.05, 3.63) is 71.5 Å². The minimum Gasteiger partial charge on any atom is -0.370 e. The van der Waals surface area contributed by atoms with Crippen LogP contribution in [0.1, 0.15) is 27.8 Å². The molecule has 1 atom stereocenters. The first-order chi connectivity index (χ1) is 12.7. The quantitative estimate of drug-likeness (QED) is 0.726. The summed E-state index contributed by atoms with van der Waals surface area (Å²) in [5.74, 6) is 1.04. The summed E-state index contributed by atoms with van der Waals surface area (Å²) in [5.41, 5.74) is 2.53. The second-order valence-corrected chi connectivity index (χ2v) is 6.25. The molecule has 132 valence electrons. The van der Waals surface area contributed by atoms with E-state index < -0.39 is 0 Å². The molecule has 2 aromatic carbocycles. The smallest absolute Gasteiger partial charge is 0.257 e. The average Bonchev–Trinajstić information content (AvgIpc) is 3.15. The Hall–Kier alpha value is -2.99. The van der Waals surface area contributed by atoms with E-state index in [1.54, 1.807) is 19.1 Å². The van der Waals surface area contributed by atoms with Crippen LogP contribution in [-0.4, -0.2) is 40.6 Å². The van der Waals surface area contributed by atoms with E-state index in [4.69, 9.17) is 9.26 Å². The fourth-order valence-electron chi connectivity index (χ4n) is 3.06. The number of amides is 1. The Bertz CT molecular complexity index is 890. The van der Waals surface area contributed by atoms with E-state index in [0.717, 1.165) is 11.1 Å². The molecule has 2 heterocycles. The van der Waals surface area contributed by atoms with Crippen molar-refractivity contribution in [2.45, 2.75) is 13.0 Å². The molecule has 1 aromatic heterocycles. The maximum absolute atomic E-state index is 12.8. The van der Waals surface area contributed by atoms with Gasteiger partial charge in [0.15, 0.2) is 5.82 Å². The lowest BCUT2D eigenvalue weighted by molar-refractivity contribution is -0.0228. The lowest BCUT2D eigenvalue weighted by atomic mass is 10.1. The van der Waals surface area contributed by atoms with E-state index in [1.807, 2.05) is 47.4 Å². The van der Waals surface area contributed by atoms with E-state index >= 15 is 0 Å². The molecule has 1 fully saturated rings. The summed E-state index contributed by atoms with van der Waals surface area (Å²) in [6, 6.07) is 17.2. The molecule has 0 N–H and O–H groups in total. The van der Waals surface area contributed by atoms with Gasteiger partial charge in [0.05, 0.1) is 13.2 Å². The molecule has 26 heavy (non-hydrogen) atoms. The Labute approximate surface area is 151 Å². The maximum Gasteiger partial charge on any atom is 0.257 e. The van der Waals surface area contributed by atoms with E-state index in [2.05, 4.69) is 10.1 Å². The van der Waals surface area contributed by atoms with Gasteiger partial charge in [-0.2, -0.15) is 4.98 Å². The third-order valence-corrected chi connectivity index (χ3v) is 4.43. The van der Waals surface area contributed by atoms with Gasteiger partial charge in [-0.15, -0.1) is 0 Å². The van der Waals surface area contributed by atoms with Gasteiger partial charge in [0, 0.05) is 17.7 Å². The Morgan fingerprint density at radius 3 is 2.58 bits per heavy atom. The minimum atomic E-state index is -0.0884. The van der Waals surface area contributed by atoms with Crippen LogP contribution in [0.2, 0.25) is 0 Å². The minimum absolute atomic E-state index is 0.00231. The van der Waals surface area contributed by atoms with Crippen molar-refractivity contribution >= 4 is 5.91 Å². The van der Waals surface area contributed by atoms with Gasteiger partial charge in [-0.25, -0.2) is 0 Å². The van der Waals surface area contributed by atoms with Gasteiger partial charge >= 0.3 is 0 Å². The second-order valence-electron chi connectivity index (χ2n) is 6.25. The van der Waals surface area contributed by atoms with Crippen molar-refractivity contribution in [3.63, 3.8) is 0 Å². The number of carbonyl (C=O) groups excluding carboxylic acids is 1. The molecule has 0 aliphatic carbocycles. The van der Waals surface area contributed by atoms with Gasteiger partial charge in [-0.05, 0) is 36.8 Å². The largest absolute Gasteiger partial charge is 0.370 e. The van der Waals surface area contributed by atoms with Crippen molar-refractivity contribution in [3.8, 4) is 11.5 Å². The molecule has 1 aliphatic rings. The predicted octanol–water partition coefficient (Wildman–Crippen LogP) is 3.26. The summed E-state index contributed by atoms with van der Waals surface area (Å²) in [6.45, 7) is 3.44. The predicted molar refractivity (Wildman–Crippen MR) is 95.5 cm³/mol. The Kier molecular flexibility index (Phi) is 4.50. The zero-order valence-electron chi connectivity index (χ0n) is 14.5. The Morgan fingerprint density at radius 1 is 1.12 bits per heavy atom. The first kappa shape index (κ1) is 16.5. The van der Waals surface area contributed by atoms with Gasteiger partial charge in [-0.1, -0.05) is 35.5 Å². The molecule has 1 amide bonds. The van der Waals surface area contributed by atoms with Crippen LogP contribution in [-0.2, 0) is 4.74 Å². The van der Waals surface area contributed by atoms with Crippen LogP contribution in [0.15, 0.2) is 59.1 Å². The molecule has 0 spiro atoms. The number of benzene rings is 2. The van der Waals surface area contributed by atoms with Crippen LogP contribution in [0.5, 0.6) is 0 Å². The SMILES string of the molecule is Cc1noc(-c2ccc(C(=O)N3CCOC(c4ccccc4)C3)cc2)n1. The van der Waals surface area contributed by atoms with Crippen LogP contribution in [0, 0.1) is 6.92 Å². The van der Waals surface area contributed by atoms with Crippen molar-refractivity contribution in [2.75, 3.05) is 19.7 Å². The highest BCUT2D eigenvalue weighted by Crippen LogP contribution is 2.24. The number of hydrogen-bond acceptors (Lipinski definition) is 5. The number of nitrogens with zero attached hydrogens (tertiary/aromatic N) is 3. The molecule has 1 aliphatic heterocycles. The fourth-order valence-corrected chi connectivity index (χ4v) is 3.06. The van der Waals surface area contributed by atoms with Gasteiger partial charge in [0.1, 0.15) is 6.10 Å². The van der Waals surface area contributed by atoms with Crippen LogP contribution in [0.25, 0.3) is 11.5 Å². The van der Waals surface area contributed by atoms with Crippen LogP contribution < -0.4 is 0 Å². The number of carbonyl (C=O) groups is 1. The summed E-state index contributed by atoms with van der Waals surface area (Å²) in [6.07, 6.45) is -0.0884. The fraction of sp³-hybridized carbons (Fsp3) is 0.250. The van der Waals surface area contributed by atoms with Gasteiger partial charge in [-0.3, -0.25) is 4.79 Å². The van der Waals surface area contributed by atoms with Crippen molar-refractivity contribution in [1.29, 1.82) is 0 Å². The number of aryl methyl sites for hydroxylation is 1. The van der Waals surface area contributed by atoms with E-state index in [9.17, 15) is 4.79 Å². The monoisotopic (exact) mass is 349 g/mol. The highest BCUT2D eigenvalue weighted by atomic mass is 16.5. The van der Waals surface area contributed by atoms with Crippen molar-refractivity contribution < 1.29 is 14.1 Å². The van der Waals surface area contributed by atoms with Gasteiger partial charge in [0.2, 0.25) is 0 Å². The maximum atomic E-state index is 12.8. The molecule has 1 unspecified atom stereocenters. The zero-order chi connectivity index (χ0) is 17.9. The number of morpholine rings is 1. The van der Waals surface area contributed by atoms with Crippen molar-refractivity contribution in [2.24, 2.45) is 0 Å². The van der Waals surface area contributed by atoms with E-state index in [0.29, 0.717) is 37.0 Å². The third-order valence-electron chi connectivity index (χ3n) is 4.43. The highest BCUT2D eigenvalue weighted by molar-refractivity contribution is 5.94. The molecule has 4 rings (SSSR count). The molecule has 0 bridgehead atoms. The summed E-state index contributed by atoms with van der Waals surface area (Å²) in [4.78, 5) is 18.9. The molecule has 6 heteroatoms. The summed E-state index contributed by atoms with van der Waals surface area (Å²) in [7, 11) is 0. The Balaban J connectivity index is 1.48. The number of rotatable bonds is 3. The summed E-state index contributed by atoms with van der Waals surface area (Å²) < 4.78 is 11.0. The lowest BCUT2D eigenvalue weighted by Crippen LogP contribution is -2.42. The van der Waals surface area contributed by atoms with E-state index in [1.165, 1.54) is 0 Å². The van der Waals surface area contributed by atoms with Gasteiger partial charge < -0.3 is 14.2 Å². The van der Waals surface area contributed by atoms with Crippen LogP contribution in [0.4, 0.5) is 0 Å². The standard InChI is InChI=1S/C20H19N3O3/c1-14-21-19(26-22-14)16-7-9-17(10-8-16)20(24)23-11-12-25-18(13-23)15-5-3-2-4-6-15/h2-10,18H,11-13H2,1H3. The van der Waals surface area contributed by atoms with Crippen LogP contribution >= 0.6 is 0 Å². The third kappa shape index (κ3) is 3.36. The number of hydrogen-bond donors (Lipinski definition) is 0. The van der Waals surface area contributed by atoms with E-state index in [-0.39, 0.29) is 12.0 Å². The first-order valence-electron chi connectivity index (χ1n) is 8.57. The average molecular weight is 349 g/mol. The molecule has 1 saturated heterocycles. The first-order valence-corrected chi connectivity index (χ1v) is 8.57.